The molecule has 4 rings (SSSR count). The van der Waals surface area contributed by atoms with E-state index in [1.807, 2.05) is 26.1 Å². The molecule has 1 atom stereocenters. The van der Waals surface area contributed by atoms with Gasteiger partial charge in [-0.3, -0.25) is 14.6 Å². The minimum Gasteiger partial charge on any atom is -0.360 e. The molecule has 0 radical (unpaired) electrons. The van der Waals surface area contributed by atoms with Gasteiger partial charge in [0.05, 0.1) is 17.6 Å². The van der Waals surface area contributed by atoms with Gasteiger partial charge in [-0.05, 0) is 19.1 Å². The van der Waals surface area contributed by atoms with Gasteiger partial charge in [0.1, 0.15) is 5.82 Å². The molecule has 0 saturated heterocycles. The Hall–Kier alpha value is -3.56. The predicted octanol–water partition coefficient (Wildman–Crippen LogP) is 1.01. The summed E-state index contributed by atoms with van der Waals surface area (Å²) in [6.45, 7) is 1.88. The van der Waals surface area contributed by atoms with E-state index in [9.17, 15) is 4.79 Å². The van der Waals surface area contributed by atoms with Gasteiger partial charge in [0.25, 0.3) is 0 Å². The maximum atomic E-state index is 11.3. The number of nitrogens with one attached hydrogen (secondary N) is 3. The highest BCUT2D eigenvalue weighted by Gasteiger charge is 2.16. The van der Waals surface area contributed by atoms with Crippen LogP contribution in [-0.4, -0.2) is 39.9 Å². The van der Waals surface area contributed by atoms with Crippen molar-refractivity contribution in [3.8, 4) is 11.4 Å². The van der Waals surface area contributed by atoms with Crippen LogP contribution in [0.15, 0.2) is 35.5 Å². The molecule has 10 nitrogen and oxygen atoms in total. The van der Waals surface area contributed by atoms with E-state index < -0.39 is 0 Å². The van der Waals surface area contributed by atoms with Crippen LogP contribution < -0.4 is 11.0 Å². The minimum atomic E-state index is -0.352. The lowest BCUT2D eigenvalue weighted by Crippen LogP contribution is -2.12. The molecule has 0 aliphatic carbocycles. The van der Waals surface area contributed by atoms with Crippen LogP contribution in [0.25, 0.3) is 22.4 Å². The van der Waals surface area contributed by atoms with Gasteiger partial charge in [-0.25, -0.2) is 19.9 Å². The number of H-pyrrole nitrogens is 2. The van der Waals surface area contributed by atoms with Crippen molar-refractivity contribution in [3.05, 3.63) is 47.0 Å². The molecule has 1 unspecified atom stereocenters. The highest BCUT2D eigenvalue weighted by atomic mass is 16.1. The van der Waals surface area contributed by atoms with E-state index in [0.717, 1.165) is 10.9 Å². The van der Waals surface area contributed by atoms with Gasteiger partial charge < -0.3 is 5.32 Å². The lowest BCUT2D eigenvalue weighted by atomic mass is 10.2. The first kappa shape index (κ1) is 15.0. The summed E-state index contributed by atoms with van der Waals surface area (Å²) in [7, 11) is 1.82. The number of aryl methyl sites for hydroxylation is 1. The van der Waals surface area contributed by atoms with Crippen molar-refractivity contribution in [2.45, 2.75) is 13.0 Å². The quantitative estimate of drug-likeness (QED) is 0.506. The van der Waals surface area contributed by atoms with Crippen LogP contribution >= 0.6 is 0 Å². The number of anilines is 1. The van der Waals surface area contributed by atoms with Crippen LogP contribution in [0, 0.1) is 0 Å². The summed E-state index contributed by atoms with van der Waals surface area (Å²) in [6, 6.07) is 3.42. The van der Waals surface area contributed by atoms with E-state index in [1.165, 1.54) is 0 Å². The Morgan fingerprint density at radius 1 is 1.24 bits per heavy atom. The van der Waals surface area contributed by atoms with Gasteiger partial charge in [0.2, 0.25) is 0 Å². The van der Waals surface area contributed by atoms with Crippen molar-refractivity contribution < 1.29 is 0 Å². The number of fused-ring (bicyclic) bond motifs is 1. The van der Waals surface area contributed by atoms with E-state index in [4.69, 9.17) is 0 Å². The summed E-state index contributed by atoms with van der Waals surface area (Å²) in [6.07, 6.45) is 5.08. The van der Waals surface area contributed by atoms with Gasteiger partial charge in [-0.15, -0.1) is 0 Å². The number of hydrogen-bond donors (Lipinski definition) is 3. The summed E-state index contributed by atoms with van der Waals surface area (Å²) in [5, 5.41) is 14.6. The van der Waals surface area contributed by atoms with E-state index >= 15 is 0 Å². The maximum absolute atomic E-state index is 11.3. The van der Waals surface area contributed by atoms with Crippen molar-refractivity contribution in [1.29, 1.82) is 0 Å². The fourth-order valence-electron chi connectivity index (χ4n) is 2.52. The van der Waals surface area contributed by atoms with Crippen molar-refractivity contribution in [2.24, 2.45) is 7.05 Å². The molecule has 25 heavy (non-hydrogen) atoms. The van der Waals surface area contributed by atoms with E-state index in [2.05, 4.69) is 40.5 Å². The van der Waals surface area contributed by atoms with Crippen molar-refractivity contribution >= 4 is 16.9 Å². The average molecular weight is 337 g/mol. The smallest absolute Gasteiger partial charge is 0.340 e. The third-order valence-corrected chi connectivity index (χ3v) is 3.81. The second kappa shape index (κ2) is 5.82. The Morgan fingerprint density at radius 2 is 2.04 bits per heavy atom. The van der Waals surface area contributed by atoms with Crippen molar-refractivity contribution in [3.63, 3.8) is 0 Å². The summed E-state index contributed by atoms with van der Waals surface area (Å²) < 4.78 is 1.69. The molecule has 4 aromatic rings. The maximum Gasteiger partial charge on any atom is 0.340 e. The van der Waals surface area contributed by atoms with E-state index in [0.29, 0.717) is 23.1 Å². The third-order valence-electron chi connectivity index (χ3n) is 3.81. The summed E-state index contributed by atoms with van der Waals surface area (Å²) in [4.78, 5) is 27.1. The predicted molar refractivity (Wildman–Crippen MR) is 90.8 cm³/mol. The number of aromatic amines is 2. The van der Waals surface area contributed by atoms with Crippen LogP contribution in [0.3, 0.4) is 0 Å². The first-order chi connectivity index (χ1) is 12.1. The number of hydrogen-bond acceptors (Lipinski definition) is 7. The van der Waals surface area contributed by atoms with E-state index in [1.54, 1.807) is 23.3 Å². The second-order valence-corrected chi connectivity index (χ2v) is 5.57. The van der Waals surface area contributed by atoms with Crippen LogP contribution in [-0.2, 0) is 7.05 Å². The van der Waals surface area contributed by atoms with Crippen LogP contribution in [0.5, 0.6) is 0 Å². The molecular formula is C15H15N9O. The molecule has 0 aliphatic rings. The summed E-state index contributed by atoms with van der Waals surface area (Å²) in [5.74, 6) is 1.66. The second-order valence-electron chi connectivity index (χ2n) is 5.57. The fraction of sp³-hybridized carbons (Fsp3) is 0.200. The Bertz CT molecular complexity index is 1080. The topological polar surface area (TPSA) is 130 Å². The zero-order valence-electron chi connectivity index (χ0n) is 13.6. The molecule has 4 aromatic heterocycles. The van der Waals surface area contributed by atoms with Gasteiger partial charge in [-0.1, -0.05) is 0 Å². The molecule has 0 bridgehead atoms. The number of aromatic nitrogens is 8. The Morgan fingerprint density at radius 3 is 2.76 bits per heavy atom. The van der Waals surface area contributed by atoms with Crippen molar-refractivity contribution in [2.75, 3.05) is 5.32 Å². The molecule has 4 heterocycles. The largest absolute Gasteiger partial charge is 0.360 e. The zero-order valence-corrected chi connectivity index (χ0v) is 13.6. The van der Waals surface area contributed by atoms with Gasteiger partial charge in [-0.2, -0.15) is 10.2 Å². The molecule has 10 heteroatoms. The molecule has 0 spiro atoms. The van der Waals surface area contributed by atoms with Crippen molar-refractivity contribution in [1.82, 2.24) is 39.9 Å². The first-order valence-corrected chi connectivity index (χ1v) is 7.63. The molecule has 3 N–H and O–H groups in total. The number of rotatable bonds is 4. The monoisotopic (exact) mass is 337 g/mol. The number of nitrogens with zero attached hydrogens (tertiary/aromatic N) is 6. The summed E-state index contributed by atoms with van der Waals surface area (Å²) >= 11 is 0. The van der Waals surface area contributed by atoms with Crippen LogP contribution in [0.4, 0.5) is 5.82 Å². The Kier molecular flexibility index (Phi) is 3.49. The highest BCUT2D eigenvalue weighted by Crippen LogP contribution is 2.26. The lowest BCUT2D eigenvalue weighted by molar-refractivity contribution is 0.783. The fourth-order valence-corrected chi connectivity index (χ4v) is 2.52. The van der Waals surface area contributed by atoms with E-state index in [-0.39, 0.29) is 11.7 Å². The standard InChI is InChI=1S/C15H15N9O/c1-8(11-21-15(25)23-22-11)18-13-10-7-17-24(2)14(10)20-12(19-13)9-3-5-16-6-4-9/h3-8H,1-2H3,(H,18,19,20)(H2,21,22,23,25). The zero-order chi connectivity index (χ0) is 17.4. The molecule has 0 aromatic carbocycles. The third kappa shape index (κ3) is 2.73. The lowest BCUT2D eigenvalue weighted by Gasteiger charge is -2.13. The SMILES string of the molecule is CC(Nc1nc(-c2ccncc2)nc2c1cnn2C)c1n[nH]c(=O)[nH]1. The summed E-state index contributed by atoms with van der Waals surface area (Å²) in [5.41, 5.74) is 1.20. The molecule has 0 saturated carbocycles. The molecule has 0 amide bonds. The Labute approximate surface area is 141 Å². The molecule has 126 valence electrons. The van der Waals surface area contributed by atoms with Crippen LogP contribution in [0.1, 0.15) is 18.8 Å². The van der Waals surface area contributed by atoms with Gasteiger partial charge in [0, 0.05) is 25.0 Å². The number of pyridine rings is 1. The normalized spacial score (nSPS) is 12.4. The molecule has 0 aliphatic heterocycles. The minimum absolute atomic E-state index is 0.262. The molecule has 0 fully saturated rings. The highest BCUT2D eigenvalue weighted by molar-refractivity contribution is 5.88. The Balaban J connectivity index is 1.80. The molecular weight excluding hydrogens is 322 g/mol. The van der Waals surface area contributed by atoms with Gasteiger partial charge in [0.15, 0.2) is 17.3 Å². The average Bonchev–Trinajstić information content (AvgIpc) is 3.22. The van der Waals surface area contributed by atoms with Crippen LogP contribution in [0.2, 0.25) is 0 Å². The van der Waals surface area contributed by atoms with Gasteiger partial charge >= 0.3 is 5.69 Å². The first-order valence-electron chi connectivity index (χ1n) is 7.63.